The summed E-state index contributed by atoms with van der Waals surface area (Å²) in [5.41, 5.74) is 4.54. The van der Waals surface area contributed by atoms with Gasteiger partial charge in [-0.25, -0.2) is 0 Å². The molecular formula is C27H28N4O. The lowest BCUT2D eigenvalue weighted by Gasteiger charge is -2.38. The zero-order valence-electron chi connectivity index (χ0n) is 18.6. The van der Waals surface area contributed by atoms with E-state index in [4.69, 9.17) is 0 Å². The smallest absolute Gasteiger partial charge is 0.263 e. The minimum atomic E-state index is -0.0202. The number of hydrogen-bond acceptors (Lipinski definition) is 4. The van der Waals surface area contributed by atoms with E-state index in [-0.39, 0.29) is 5.56 Å². The summed E-state index contributed by atoms with van der Waals surface area (Å²) in [6, 6.07) is 22.8. The van der Waals surface area contributed by atoms with Gasteiger partial charge in [0.2, 0.25) is 0 Å². The number of piperazine rings is 1. The second-order valence-electron chi connectivity index (χ2n) is 8.63. The number of fused-ring (bicyclic) bond motifs is 1. The minimum Gasteiger partial charge on any atom is -0.369 e. The van der Waals surface area contributed by atoms with Gasteiger partial charge in [0.15, 0.2) is 0 Å². The van der Waals surface area contributed by atoms with Crippen LogP contribution in [-0.2, 0) is 0 Å². The topological polar surface area (TPSA) is 41.4 Å². The van der Waals surface area contributed by atoms with Crippen LogP contribution in [-0.4, -0.2) is 46.7 Å². The van der Waals surface area contributed by atoms with Crippen LogP contribution in [0.1, 0.15) is 13.8 Å². The molecule has 32 heavy (non-hydrogen) atoms. The lowest BCUT2D eigenvalue weighted by molar-refractivity contribution is 0.209. The standard InChI is InChI=1S/C27H28N4O/c1-20(2)29-15-17-30(18-16-29)23-7-9-24(10-8-23)31-26-6-4-3-5-22(26)19-25(27(31)32)21-11-13-28-14-12-21/h3-14,19-20H,15-18H2,1-2H3. The number of anilines is 1. The van der Waals surface area contributed by atoms with Crippen LogP contribution < -0.4 is 10.5 Å². The molecule has 5 rings (SSSR count). The van der Waals surface area contributed by atoms with Crippen molar-refractivity contribution in [2.24, 2.45) is 0 Å². The maximum absolute atomic E-state index is 13.6. The summed E-state index contributed by atoms with van der Waals surface area (Å²) in [5.74, 6) is 0. The lowest BCUT2D eigenvalue weighted by atomic mass is 10.1. The second kappa shape index (κ2) is 8.60. The maximum atomic E-state index is 13.6. The zero-order valence-corrected chi connectivity index (χ0v) is 18.6. The first-order chi connectivity index (χ1) is 15.6. The quantitative estimate of drug-likeness (QED) is 0.481. The van der Waals surface area contributed by atoms with Gasteiger partial charge in [0.1, 0.15) is 0 Å². The van der Waals surface area contributed by atoms with Gasteiger partial charge in [-0.05, 0) is 73.3 Å². The summed E-state index contributed by atoms with van der Waals surface area (Å²) in [6.45, 7) is 8.73. The highest BCUT2D eigenvalue weighted by Crippen LogP contribution is 2.25. The third kappa shape index (κ3) is 3.80. The monoisotopic (exact) mass is 424 g/mol. The number of aromatic nitrogens is 2. The van der Waals surface area contributed by atoms with Crippen LogP contribution >= 0.6 is 0 Å². The Kier molecular flexibility index (Phi) is 5.50. The molecule has 5 heteroatoms. The molecule has 1 aliphatic rings. The first-order valence-electron chi connectivity index (χ1n) is 11.3. The predicted molar refractivity (Wildman–Crippen MR) is 132 cm³/mol. The molecule has 0 amide bonds. The number of hydrogen-bond donors (Lipinski definition) is 0. The fourth-order valence-electron chi connectivity index (χ4n) is 4.56. The Hall–Kier alpha value is -3.44. The Bertz CT molecular complexity index is 1270. The fraction of sp³-hybridized carbons (Fsp3) is 0.259. The van der Waals surface area contributed by atoms with Crippen molar-refractivity contribution >= 4 is 16.6 Å². The zero-order chi connectivity index (χ0) is 22.1. The number of benzene rings is 2. The molecule has 1 saturated heterocycles. The van der Waals surface area contributed by atoms with Crippen LogP contribution in [0.2, 0.25) is 0 Å². The predicted octanol–water partition coefficient (Wildman–Crippen LogP) is 4.58. The molecule has 0 radical (unpaired) electrons. The van der Waals surface area contributed by atoms with E-state index in [0.717, 1.165) is 48.3 Å². The summed E-state index contributed by atoms with van der Waals surface area (Å²) >= 11 is 0. The minimum absolute atomic E-state index is 0.0202. The lowest BCUT2D eigenvalue weighted by Crippen LogP contribution is -2.48. The van der Waals surface area contributed by atoms with Gasteiger partial charge >= 0.3 is 0 Å². The number of nitrogens with zero attached hydrogens (tertiary/aromatic N) is 4. The Labute approximate surface area is 188 Å². The summed E-state index contributed by atoms with van der Waals surface area (Å²) in [7, 11) is 0. The highest BCUT2D eigenvalue weighted by Gasteiger charge is 2.19. The molecule has 0 bridgehead atoms. The van der Waals surface area contributed by atoms with Crippen LogP contribution in [0.3, 0.4) is 0 Å². The molecule has 5 nitrogen and oxygen atoms in total. The van der Waals surface area contributed by atoms with Crippen molar-refractivity contribution in [3.8, 4) is 16.8 Å². The molecule has 162 valence electrons. The molecule has 2 aromatic carbocycles. The Morgan fingerprint density at radius 2 is 1.47 bits per heavy atom. The van der Waals surface area contributed by atoms with E-state index >= 15 is 0 Å². The molecule has 0 saturated carbocycles. The van der Waals surface area contributed by atoms with Crippen LogP contribution in [0.25, 0.3) is 27.7 Å². The van der Waals surface area contributed by atoms with E-state index in [1.54, 1.807) is 12.4 Å². The van der Waals surface area contributed by atoms with Crippen LogP contribution in [0.4, 0.5) is 5.69 Å². The molecule has 1 aliphatic heterocycles. The molecule has 4 aromatic rings. The van der Waals surface area contributed by atoms with Gasteiger partial charge < -0.3 is 4.90 Å². The molecular weight excluding hydrogens is 396 g/mol. The summed E-state index contributed by atoms with van der Waals surface area (Å²) in [4.78, 5) is 22.6. The first-order valence-corrected chi connectivity index (χ1v) is 11.3. The van der Waals surface area contributed by atoms with Crippen molar-refractivity contribution in [2.45, 2.75) is 19.9 Å². The molecule has 0 aliphatic carbocycles. The van der Waals surface area contributed by atoms with E-state index in [9.17, 15) is 4.79 Å². The van der Waals surface area contributed by atoms with Crippen LogP contribution in [0, 0.1) is 0 Å². The van der Waals surface area contributed by atoms with E-state index < -0.39 is 0 Å². The van der Waals surface area contributed by atoms with E-state index in [1.165, 1.54) is 5.69 Å². The SMILES string of the molecule is CC(C)N1CCN(c2ccc(-n3c(=O)c(-c4ccncc4)cc4ccccc43)cc2)CC1. The highest BCUT2D eigenvalue weighted by molar-refractivity contribution is 5.85. The van der Waals surface area contributed by atoms with Crippen LogP contribution in [0.5, 0.6) is 0 Å². The maximum Gasteiger partial charge on any atom is 0.263 e. The average Bonchev–Trinajstić information content (AvgIpc) is 2.84. The molecule has 0 N–H and O–H groups in total. The molecule has 1 fully saturated rings. The number of rotatable bonds is 4. The van der Waals surface area contributed by atoms with Gasteiger partial charge in [0.05, 0.1) is 5.52 Å². The van der Waals surface area contributed by atoms with Crippen molar-refractivity contribution in [3.63, 3.8) is 0 Å². The third-order valence-corrected chi connectivity index (χ3v) is 6.42. The van der Waals surface area contributed by atoms with Crippen molar-refractivity contribution in [1.82, 2.24) is 14.5 Å². The normalized spacial score (nSPS) is 14.9. The van der Waals surface area contributed by atoms with E-state index in [2.05, 4.69) is 59.0 Å². The highest BCUT2D eigenvalue weighted by atomic mass is 16.1. The van der Waals surface area contributed by atoms with Gasteiger partial charge in [0, 0.05) is 61.6 Å². The second-order valence-corrected chi connectivity index (χ2v) is 8.63. The largest absolute Gasteiger partial charge is 0.369 e. The van der Waals surface area contributed by atoms with Gasteiger partial charge in [0.25, 0.3) is 5.56 Å². The van der Waals surface area contributed by atoms with E-state index in [0.29, 0.717) is 11.6 Å². The Morgan fingerprint density at radius 1 is 0.812 bits per heavy atom. The van der Waals surface area contributed by atoms with Crippen molar-refractivity contribution in [3.05, 3.63) is 89.5 Å². The van der Waals surface area contributed by atoms with E-state index in [1.807, 2.05) is 41.0 Å². The first kappa shape index (κ1) is 20.5. The number of pyridine rings is 2. The Morgan fingerprint density at radius 3 is 2.16 bits per heavy atom. The third-order valence-electron chi connectivity index (χ3n) is 6.42. The molecule has 0 spiro atoms. The summed E-state index contributed by atoms with van der Waals surface area (Å²) in [5, 5.41) is 1.03. The van der Waals surface area contributed by atoms with Crippen LogP contribution in [0.15, 0.2) is 83.9 Å². The summed E-state index contributed by atoms with van der Waals surface area (Å²) < 4.78 is 1.82. The molecule has 0 unspecified atom stereocenters. The number of para-hydroxylation sites is 1. The van der Waals surface area contributed by atoms with Crippen molar-refractivity contribution in [1.29, 1.82) is 0 Å². The fourth-order valence-corrected chi connectivity index (χ4v) is 4.56. The van der Waals surface area contributed by atoms with Crippen molar-refractivity contribution < 1.29 is 0 Å². The van der Waals surface area contributed by atoms with Gasteiger partial charge in [-0.15, -0.1) is 0 Å². The van der Waals surface area contributed by atoms with Crippen molar-refractivity contribution in [2.75, 3.05) is 31.1 Å². The van der Waals surface area contributed by atoms with Gasteiger partial charge in [-0.1, -0.05) is 18.2 Å². The average molecular weight is 425 g/mol. The molecule has 2 aromatic heterocycles. The van der Waals surface area contributed by atoms with Gasteiger partial charge in [-0.2, -0.15) is 0 Å². The summed E-state index contributed by atoms with van der Waals surface area (Å²) in [6.07, 6.45) is 3.45. The molecule has 0 atom stereocenters. The Balaban J connectivity index is 1.54. The molecule has 3 heterocycles. The van der Waals surface area contributed by atoms with Gasteiger partial charge in [-0.3, -0.25) is 19.2 Å².